The van der Waals surface area contributed by atoms with Crippen molar-refractivity contribution in [2.75, 3.05) is 71.8 Å². The number of amides is 1. The van der Waals surface area contributed by atoms with Crippen LogP contribution in [-0.4, -0.2) is 97.2 Å². The van der Waals surface area contributed by atoms with E-state index in [0.717, 1.165) is 11.1 Å². The van der Waals surface area contributed by atoms with E-state index < -0.39 is 4.92 Å². The molecule has 1 amide bonds. The first-order valence-corrected chi connectivity index (χ1v) is 15.4. The van der Waals surface area contributed by atoms with Crippen molar-refractivity contribution >= 4 is 34.5 Å². The Balaban J connectivity index is 0.00000361. The van der Waals surface area contributed by atoms with Crippen LogP contribution >= 0.6 is 0 Å². The van der Waals surface area contributed by atoms with E-state index in [2.05, 4.69) is 10.3 Å². The minimum Gasteiger partial charge on any atom is -0.494 e. The Kier molecular flexibility index (Phi) is 14.6. The molecular formula is C34H49N7O5. The molecular weight excluding hydrogens is 586 g/mol. The number of anilines is 3. The Morgan fingerprint density at radius 2 is 1.74 bits per heavy atom. The lowest BCUT2D eigenvalue weighted by atomic mass is 9.87. The molecule has 12 nitrogen and oxygen atoms in total. The van der Waals surface area contributed by atoms with Crippen LogP contribution in [0.5, 0.6) is 5.75 Å². The van der Waals surface area contributed by atoms with E-state index in [1.165, 1.54) is 18.1 Å². The van der Waals surface area contributed by atoms with Gasteiger partial charge in [0.1, 0.15) is 11.4 Å². The normalized spacial score (nSPS) is 11.4. The Bertz CT molecular complexity index is 1510. The van der Waals surface area contributed by atoms with Crippen LogP contribution in [0, 0.1) is 23.0 Å². The van der Waals surface area contributed by atoms with E-state index in [-0.39, 0.29) is 36.6 Å². The molecule has 2 N–H and O–H groups in total. The second-order valence-corrected chi connectivity index (χ2v) is 11.1. The lowest BCUT2D eigenvalue weighted by molar-refractivity contribution is -0.384. The fourth-order valence-corrected chi connectivity index (χ4v) is 4.80. The zero-order chi connectivity index (χ0) is 34.6. The van der Waals surface area contributed by atoms with Crippen LogP contribution in [0.15, 0.2) is 54.2 Å². The number of nitro benzene ring substituents is 1. The van der Waals surface area contributed by atoms with Gasteiger partial charge in [0.2, 0.25) is 5.95 Å². The van der Waals surface area contributed by atoms with E-state index in [4.69, 9.17) is 9.72 Å². The van der Waals surface area contributed by atoms with Gasteiger partial charge in [-0.2, -0.15) is 0 Å². The highest BCUT2D eigenvalue weighted by atomic mass is 16.6. The molecule has 0 unspecified atom stereocenters. The summed E-state index contributed by atoms with van der Waals surface area (Å²) < 4.78 is 5.62. The summed E-state index contributed by atoms with van der Waals surface area (Å²) in [5.74, 6) is 0.167. The first kappa shape index (κ1) is 37.6. The predicted molar refractivity (Wildman–Crippen MR) is 185 cm³/mol. The average molecular weight is 636 g/mol. The molecule has 250 valence electrons. The van der Waals surface area contributed by atoms with Crippen molar-refractivity contribution in [2.45, 2.75) is 34.6 Å². The Labute approximate surface area is 272 Å². The summed E-state index contributed by atoms with van der Waals surface area (Å²) in [6.45, 7) is 11.2. The molecule has 46 heavy (non-hydrogen) atoms. The summed E-state index contributed by atoms with van der Waals surface area (Å²) >= 11 is 0. The van der Waals surface area contributed by atoms with E-state index in [1.54, 1.807) is 32.4 Å². The van der Waals surface area contributed by atoms with Gasteiger partial charge in [0.25, 0.3) is 11.6 Å². The average Bonchev–Trinajstić information content (AvgIpc) is 3.03. The van der Waals surface area contributed by atoms with Gasteiger partial charge in [0.15, 0.2) is 0 Å². The summed E-state index contributed by atoms with van der Waals surface area (Å²) in [7, 11) is 8.84. The van der Waals surface area contributed by atoms with Gasteiger partial charge in [0.05, 0.1) is 30.0 Å². The molecule has 3 rings (SSSR count). The van der Waals surface area contributed by atoms with E-state index in [9.17, 15) is 20.0 Å². The van der Waals surface area contributed by atoms with Gasteiger partial charge in [0, 0.05) is 63.2 Å². The minimum absolute atomic E-state index is 0.0918. The molecule has 1 aromatic heterocycles. The summed E-state index contributed by atoms with van der Waals surface area (Å²) in [6, 6.07) is 12.5. The second kappa shape index (κ2) is 17.8. The number of aryl methyl sites for hydroxylation is 1. The number of rotatable bonds is 14. The van der Waals surface area contributed by atoms with Gasteiger partial charge >= 0.3 is 0 Å². The number of hydrogen-bond acceptors (Lipinski definition) is 10. The number of carbonyl (C=O) groups excluding carboxylic acids is 1. The third kappa shape index (κ3) is 9.48. The van der Waals surface area contributed by atoms with Crippen molar-refractivity contribution in [1.29, 1.82) is 0 Å². The molecule has 0 saturated carbocycles. The number of ether oxygens (including phenoxy) is 1. The topological polar surface area (TPSA) is 137 Å². The number of nitrogens with zero attached hydrogens (tertiary/aromatic N) is 6. The zero-order valence-electron chi connectivity index (χ0n) is 28.8. The van der Waals surface area contributed by atoms with Gasteiger partial charge in [-0.3, -0.25) is 14.9 Å². The lowest BCUT2D eigenvalue weighted by Gasteiger charge is -2.24. The molecule has 2 aromatic carbocycles. The van der Waals surface area contributed by atoms with Crippen molar-refractivity contribution in [3.8, 4) is 5.75 Å². The number of aliphatic hydroxyl groups is 1. The molecule has 0 bridgehead atoms. The van der Waals surface area contributed by atoms with Crippen LogP contribution in [0.1, 0.15) is 44.5 Å². The molecule has 0 fully saturated rings. The zero-order valence-corrected chi connectivity index (χ0v) is 28.8. The molecule has 0 saturated heterocycles. The SMILES string of the molecule is CC.COc1cc(N(C)CCN(C)C)c([N+](=O)[O-])cc1Nc1nccc(/C(=C(\C(=O)N(C)CCO)C(C)C)c2ccccc2C)n1. The quantitative estimate of drug-likeness (QED) is 0.135. The summed E-state index contributed by atoms with van der Waals surface area (Å²) in [5.41, 5.74) is 4.14. The van der Waals surface area contributed by atoms with Gasteiger partial charge < -0.3 is 29.9 Å². The van der Waals surface area contributed by atoms with Crippen molar-refractivity contribution in [3.63, 3.8) is 0 Å². The number of carbonyl (C=O) groups is 1. The maximum absolute atomic E-state index is 13.7. The molecule has 0 spiro atoms. The summed E-state index contributed by atoms with van der Waals surface area (Å²) in [6.07, 6.45) is 1.58. The van der Waals surface area contributed by atoms with Crippen molar-refractivity contribution in [3.05, 3.63) is 81.2 Å². The fourth-order valence-electron chi connectivity index (χ4n) is 4.80. The third-order valence-electron chi connectivity index (χ3n) is 7.22. The van der Waals surface area contributed by atoms with Crippen LogP contribution in [0.2, 0.25) is 0 Å². The van der Waals surface area contributed by atoms with Crippen LogP contribution in [0.25, 0.3) is 5.57 Å². The number of aromatic nitrogens is 2. The van der Waals surface area contributed by atoms with Crippen molar-refractivity contribution in [1.82, 2.24) is 19.8 Å². The highest BCUT2D eigenvalue weighted by Crippen LogP contribution is 2.39. The molecule has 0 atom stereocenters. The van der Waals surface area contributed by atoms with E-state index >= 15 is 0 Å². The van der Waals surface area contributed by atoms with Crippen LogP contribution in [0.4, 0.5) is 23.0 Å². The molecule has 1 heterocycles. The number of nitro groups is 1. The highest BCUT2D eigenvalue weighted by Gasteiger charge is 2.27. The molecule has 12 heteroatoms. The van der Waals surface area contributed by atoms with Gasteiger partial charge in [-0.15, -0.1) is 0 Å². The fraction of sp³-hybridized carbons (Fsp3) is 0.441. The van der Waals surface area contributed by atoms with Crippen LogP contribution in [0.3, 0.4) is 0 Å². The predicted octanol–water partition coefficient (Wildman–Crippen LogP) is 5.38. The highest BCUT2D eigenvalue weighted by molar-refractivity contribution is 6.04. The number of likely N-dealkylation sites (N-methyl/N-ethyl adjacent to an activating group) is 3. The smallest absolute Gasteiger partial charge is 0.294 e. The van der Waals surface area contributed by atoms with Crippen LogP contribution in [-0.2, 0) is 4.79 Å². The minimum atomic E-state index is -0.425. The maximum Gasteiger partial charge on any atom is 0.294 e. The Morgan fingerprint density at radius 3 is 2.30 bits per heavy atom. The maximum atomic E-state index is 13.7. The number of benzene rings is 2. The second-order valence-electron chi connectivity index (χ2n) is 11.1. The Hall–Kier alpha value is -4.55. The lowest BCUT2D eigenvalue weighted by Crippen LogP contribution is -2.33. The standard InChI is InChI=1S/C32H43N7O5.C2H6/c1-21(2)29(31(41)38(7)17-18-40)30(23-12-10-9-11-22(23)3)24-13-14-33-32(34-24)35-25-19-27(39(42)43)26(20-28(25)44-8)37(6)16-15-36(4)5;1-2/h9-14,19-21,40H,15-18H2,1-8H3,(H,33,34,35);1-2H3/b30-29-;. The third-order valence-corrected chi connectivity index (χ3v) is 7.22. The molecule has 3 aromatic rings. The van der Waals surface area contributed by atoms with Gasteiger partial charge in [-0.1, -0.05) is 52.0 Å². The number of nitrogens with one attached hydrogen (secondary N) is 1. The van der Waals surface area contributed by atoms with E-state index in [0.29, 0.717) is 47.1 Å². The molecule has 0 aliphatic rings. The van der Waals surface area contributed by atoms with Crippen molar-refractivity contribution < 1.29 is 19.6 Å². The van der Waals surface area contributed by atoms with Gasteiger partial charge in [-0.05, 0) is 44.1 Å². The largest absolute Gasteiger partial charge is 0.494 e. The van der Waals surface area contributed by atoms with Crippen LogP contribution < -0.4 is 15.0 Å². The van der Waals surface area contributed by atoms with Gasteiger partial charge in [-0.25, -0.2) is 9.97 Å². The number of methoxy groups -OCH3 is 1. The number of hydrogen-bond donors (Lipinski definition) is 2. The molecule has 0 aliphatic carbocycles. The first-order chi connectivity index (χ1) is 21.9. The molecule has 0 aliphatic heterocycles. The Morgan fingerprint density at radius 1 is 1.07 bits per heavy atom. The van der Waals surface area contributed by atoms with Crippen molar-refractivity contribution in [2.24, 2.45) is 5.92 Å². The summed E-state index contributed by atoms with van der Waals surface area (Å²) in [5, 5.41) is 24.7. The molecule has 0 radical (unpaired) electrons. The number of aliphatic hydroxyl groups excluding tert-OH is 1. The summed E-state index contributed by atoms with van der Waals surface area (Å²) in [4.78, 5) is 39.9. The monoisotopic (exact) mass is 635 g/mol. The first-order valence-electron chi connectivity index (χ1n) is 15.4. The van der Waals surface area contributed by atoms with E-state index in [1.807, 2.05) is 82.8 Å².